The van der Waals surface area contributed by atoms with Gasteiger partial charge in [-0.25, -0.2) is 0 Å². The van der Waals surface area contributed by atoms with E-state index in [1.165, 1.54) is 12.0 Å². The van der Waals surface area contributed by atoms with Crippen LogP contribution in [0.1, 0.15) is 57.4 Å². The molecule has 0 aromatic heterocycles. The average Bonchev–Trinajstić information content (AvgIpc) is 2.69. The van der Waals surface area contributed by atoms with E-state index >= 15 is 0 Å². The van der Waals surface area contributed by atoms with E-state index in [9.17, 15) is 5.11 Å². The standard InChI is InChI=1S/C22H36N4O.HI/c1-2-23-21(24-18-22(27)13-7-4-8-14-22)25-20-11-15-26(16-12-20)17-19-9-5-3-6-10-19;/h3,5-6,9-10,20,27H,2,4,7-8,11-18H2,1H3,(H2,23,24,25);1H. The topological polar surface area (TPSA) is 59.9 Å². The number of halogens is 1. The van der Waals surface area contributed by atoms with Crippen molar-refractivity contribution in [3.05, 3.63) is 35.9 Å². The Kier molecular flexibility index (Phi) is 10.0. The van der Waals surface area contributed by atoms with Crippen LogP contribution >= 0.6 is 24.0 Å². The van der Waals surface area contributed by atoms with Crippen LogP contribution in [0.25, 0.3) is 0 Å². The lowest BCUT2D eigenvalue weighted by molar-refractivity contribution is 0.0131. The predicted molar refractivity (Wildman–Crippen MR) is 127 cm³/mol. The maximum Gasteiger partial charge on any atom is 0.191 e. The number of benzene rings is 1. The molecule has 2 aliphatic rings. The molecule has 1 aromatic carbocycles. The van der Waals surface area contributed by atoms with Crippen LogP contribution in [0.4, 0.5) is 0 Å². The molecular weight excluding hydrogens is 463 g/mol. The minimum atomic E-state index is -0.598. The first-order valence-electron chi connectivity index (χ1n) is 10.7. The predicted octanol–water partition coefficient (Wildman–Crippen LogP) is 3.52. The molecule has 1 aliphatic heterocycles. The van der Waals surface area contributed by atoms with Gasteiger partial charge in [0.15, 0.2) is 5.96 Å². The monoisotopic (exact) mass is 500 g/mol. The zero-order chi connectivity index (χ0) is 19.0. The summed E-state index contributed by atoms with van der Waals surface area (Å²) in [5, 5.41) is 17.7. The fourth-order valence-electron chi connectivity index (χ4n) is 4.18. The normalized spacial score (nSPS) is 21.0. The molecule has 28 heavy (non-hydrogen) atoms. The van der Waals surface area contributed by atoms with Gasteiger partial charge in [0.2, 0.25) is 0 Å². The first-order valence-corrected chi connectivity index (χ1v) is 10.7. The molecule has 5 nitrogen and oxygen atoms in total. The maximum absolute atomic E-state index is 10.7. The van der Waals surface area contributed by atoms with Crippen molar-refractivity contribution < 1.29 is 5.11 Å². The largest absolute Gasteiger partial charge is 0.388 e. The second kappa shape index (κ2) is 12.0. The van der Waals surface area contributed by atoms with Crippen molar-refractivity contribution in [2.24, 2.45) is 4.99 Å². The van der Waals surface area contributed by atoms with Crippen molar-refractivity contribution in [1.29, 1.82) is 0 Å². The van der Waals surface area contributed by atoms with Crippen LogP contribution in [-0.2, 0) is 6.54 Å². The van der Waals surface area contributed by atoms with E-state index < -0.39 is 5.60 Å². The molecule has 158 valence electrons. The Morgan fingerprint density at radius 1 is 1.14 bits per heavy atom. The Morgan fingerprint density at radius 3 is 2.46 bits per heavy atom. The number of nitrogens with one attached hydrogen (secondary N) is 2. The van der Waals surface area contributed by atoms with Gasteiger partial charge in [-0.15, -0.1) is 24.0 Å². The number of piperidine rings is 1. The van der Waals surface area contributed by atoms with Crippen LogP contribution in [-0.4, -0.2) is 53.8 Å². The van der Waals surface area contributed by atoms with Gasteiger partial charge in [-0.1, -0.05) is 49.6 Å². The lowest BCUT2D eigenvalue weighted by atomic mass is 9.85. The highest BCUT2D eigenvalue weighted by atomic mass is 127. The summed E-state index contributed by atoms with van der Waals surface area (Å²) in [7, 11) is 0. The minimum Gasteiger partial charge on any atom is -0.388 e. The molecule has 1 aromatic rings. The van der Waals surface area contributed by atoms with Crippen LogP contribution in [0.15, 0.2) is 35.3 Å². The van der Waals surface area contributed by atoms with E-state index in [1.54, 1.807) is 0 Å². The highest BCUT2D eigenvalue weighted by Gasteiger charge is 2.29. The fourth-order valence-corrected chi connectivity index (χ4v) is 4.18. The molecule has 1 saturated heterocycles. The van der Waals surface area contributed by atoms with E-state index in [4.69, 9.17) is 4.99 Å². The van der Waals surface area contributed by atoms with Crippen molar-refractivity contribution in [3.63, 3.8) is 0 Å². The average molecular weight is 500 g/mol. The molecule has 1 saturated carbocycles. The minimum absolute atomic E-state index is 0. The third-order valence-corrected chi connectivity index (χ3v) is 5.84. The summed E-state index contributed by atoms with van der Waals surface area (Å²) in [5.41, 5.74) is 0.791. The number of hydrogen-bond acceptors (Lipinski definition) is 3. The van der Waals surface area contributed by atoms with Gasteiger partial charge in [-0.2, -0.15) is 0 Å². The third-order valence-electron chi connectivity index (χ3n) is 5.84. The third kappa shape index (κ3) is 7.52. The second-order valence-corrected chi connectivity index (χ2v) is 8.16. The van der Waals surface area contributed by atoms with E-state index in [-0.39, 0.29) is 24.0 Å². The van der Waals surface area contributed by atoms with Crippen LogP contribution in [0.5, 0.6) is 0 Å². The Hall–Kier alpha value is -0.860. The van der Waals surface area contributed by atoms with Crippen LogP contribution in [0.2, 0.25) is 0 Å². The summed E-state index contributed by atoms with van der Waals surface area (Å²) in [6, 6.07) is 11.2. The number of aliphatic imine (C=N–C) groups is 1. The molecule has 2 fully saturated rings. The summed E-state index contributed by atoms with van der Waals surface area (Å²) >= 11 is 0. The van der Waals surface area contributed by atoms with Gasteiger partial charge in [-0.3, -0.25) is 9.89 Å². The molecule has 1 heterocycles. The highest BCUT2D eigenvalue weighted by molar-refractivity contribution is 14.0. The molecule has 3 N–H and O–H groups in total. The Labute approximate surface area is 187 Å². The zero-order valence-corrected chi connectivity index (χ0v) is 19.5. The van der Waals surface area contributed by atoms with Crippen molar-refractivity contribution in [1.82, 2.24) is 15.5 Å². The van der Waals surface area contributed by atoms with Crippen molar-refractivity contribution >= 4 is 29.9 Å². The quantitative estimate of drug-likeness (QED) is 0.318. The number of nitrogens with zero attached hydrogens (tertiary/aromatic N) is 2. The zero-order valence-electron chi connectivity index (χ0n) is 17.2. The summed E-state index contributed by atoms with van der Waals surface area (Å²) in [4.78, 5) is 7.25. The Balaban J connectivity index is 0.00000280. The SMILES string of the molecule is CCNC(=NCC1(O)CCCCC1)NC1CCN(Cc2ccccc2)CC1.I. The van der Waals surface area contributed by atoms with E-state index in [2.05, 4.69) is 52.8 Å². The van der Waals surface area contributed by atoms with E-state index in [0.717, 1.165) is 70.7 Å². The maximum atomic E-state index is 10.7. The molecule has 0 amide bonds. The summed E-state index contributed by atoms with van der Waals surface area (Å²) in [5.74, 6) is 0.859. The van der Waals surface area contributed by atoms with Crippen molar-refractivity contribution in [2.45, 2.75) is 70.1 Å². The second-order valence-electron chi connectivity index (χ2n) is 8.16. The van der Waals surface area contributed by atoms with Gasteiger partial charge < -0.3 is 15.7 Å². The van der Waals surface area contributed by atoms with Crippen molar-refractivity contribution in [2.75, 3.05) is 26.2 Å². The van der Waals surface area contributed by atoms with Crippen molar-refractivity contribution in [3.8, 4) is 0 Å². The number of likely N-dealkylation sites (tertiary alicyclic amines) is 1. The number of guanidine groups is 1. The Morgan fingerprint density at radius 2 is 1.82 bits per heavy atom. The molecule has 0 atom stereocenters. The molecule has 0 radical (unpaired) electrons. The van der Waals surface area contributed by atoms with Crippen LogP contribution in [0, 0.1) is 0 Å². The molecule has 0 spiro atoms. The molecule has 0 bridgehead atoms. The summed E-state index contributed by atoms with van der Waals surface area (Å²) < 4.78 is 0. The van der Waals surface area contributed by atoms with Gasteiger partial charge in [-0.05, 0) is 38.2 Å². The van der Waals surface area contributed by atoms with E-state index in [0.29, 0.717) is 12.6 Å². The van der Waals surface area contributed by atoms with Gasteiger partial charge >= 0.3 is 0 Å². The molecular formula is C22H37IN4O. The van der Waals surface area contributed by atoms with Crippen LogP contribution in [0.3, 0.4) is 0 Å². The number of rotatable bonds is 6. The summed E-state index contributed by atoms with van der Waals surface area (Å²) in [6.45, 7) is 6.70. The highest BCUT2D eigenvalue weighted by Crippen LogP contribution is 2.28. The molecule has 0 unspecified atom stereocenters. The molecule has 1 aliphatic carbocycles. The van der Waals surface area contributed by atoms with E-state index in [1.807, 2.05) is 0 Å². The van der Waals surface area contributed by atoms with Crippen LogP contribution < -0.4 is 10.6 Å². The van der Waals surface area contributed by atoms with Gasteiger partial charge in [0.05, 0.1) is 12.1 Å². The smallest absolute Gasteiger partial charge is 0.191 e. The fraction of sp³-hybridized carbons (Fsp3) is 0.682. The Bertz CT molecular complexity index is 581. The first kappa shape index (κ1) is 23.4. The first-order chi connectivity index (χ1) is 13.2. The van der Waals surface area contributed by atoms with Gasteiger partial charge in [0.25, 0.3) is 0 Å². The summed E-state index contributed by atoms with van der Waals surface area (Å²) in [6.07, 6.45) is 7.50. The van der Waals surface area contributed by atoms with Gasteiger partial charge in [0, 0.05) is 32.2 Å². The molecule has 3 rings (SSSR count). The number of hydrogen-bond donors (Lipinski definition) is 3. The lowest BCUT2D eigenvalue weighted by Crippen LogP contribution is -2.49. The lowest BCUT2D eigenvalue weighted by Gasteiger charge is -2.34. The molecule has 6 heteroatoms. The number of aliphatic hydroxyl groups is 1. The van der Waals surface area contributed by atoms with Gasteiger partial charge in [0.1, 0.15) is 0 Å².